The fourth-order valence-corrected chi connectivity index (χ4v) is 2.04. The molecule has 0 aliphatic carbocycles. The van der Waals surface area contributed by atoms with E-state index >= 15 is 0 Å². The number of hydrogen-bond donors (Lipinski definition) is 1. The first-order valence-corrected chi connectivity index (χ1v) is 8.27. The first-order valence-electron chi connectivity index (χ1n) is 8.27. The lowest BCUT2D eigenvalue weighted by molar-refractivity contribution is -0.152. The number of hydrogen-bond acceptors (Lipinski definition) is 7. The Hall–Kier alpha value is -2.67. The van der Waals surface area contributed by atoms with Crippen LogP contribution in [0.25, 0.3) is 0 Å². The highest BCUT2D eigenvalue weighted by Crippen LogP contribution is 2.05. The Balaban J connectivity index is 2.52. The Morgan fingerprint density at radius 1 is 1.12 bits per heavy atom. The van der Waals surface area contributed by atoms with Crippen LogP contribution in [0.15, 0.2) is 42.5 Å². The molecule has 7 nitrogen and oxygen atoms in total. The Morgan fingerprint density at radius 3 is 2.38 bits per heavy atom. The molecule has 7 heteroatoms. The normalized spacial score (nSPS) is 11.3. The summed E-state index contributed by atoms with van der Waals surface area (Å²) < 4.78 is 14.6. The van der Waals surface area contributed by atoms with E-state index in [9.17, 15) is 14.4 Å². The Labute approximate surface area is 153 Å². The Kier molecular flexibility index (Phi) is 9.71. The van der Waals surface area contributed by atoms with Crippen molar-refractivity contribution in [3.63, 3.8) is 0 Å². The summed E-state index contributed by atoms with van der Waals surface area (Å²) in [5.74, 6) is -1.38. The summed E-state index contributed by atoms with van der Waals surface area (Å²) in [5, 5.41) is 3.00. The van der Waals surface area contributed by atoms with Gasteiger partial charge in [0.2, 0.25) is 0 Å². The lowest BCUT2D eigenvalue weighted by atomic mass is 10.1. The number of carbonyl (C=O) groups is 3. The molecule has 0 saturated heterocycles. The standard InChI is InChI=1S/C19H25NO6/c1-14(2)18(22)25-11-12-26-19(23)16(20-10-9-17(21)24-3)13-15-7-5-4-6-8-15/h4-8,16,20H,1,9-13H2,2-3H3. The van der Waals surface area contributed by atoms with Crippen molar-refractivity contribution in [1.82, 2.24) is 5.32 Å². The number of ether oxygens (including phenoxy) is 3. The Bertz CT molecular complexity index is 614. The number of methoxy groups -OCH3 is 1. The molecular weight excluding hydrogens is 338 g/mol. The maximum absolute atomic E-state index is 12.3. The molecule has 0 heterocycles. The molecular formula is C19H25NO6. The van der Waals surface area contributed by atoms with Gasteiger partial charge in [-0.3, -0.25) is 9.59 Å². The highest BCUT2D eigenvalue weighted by molar-refractivity contribution is 5.86. The second-order valence-corrected chi connectivity index (χ2v) is 5.61. The molecule has 1 N–H and O–H groups in total. The number of benzene rings is 1. The van der Waals surface area contributed by atoms with Crippen molar-refractivity contribution in [2.75, 3.05) is 26.9 Å². The quantitative estimate of drug-likeness (QED) is 0.275. The van der Waals surface area contributed by atoms with E-state index in [1.54, 1.807) is 0 Å². The third kappa shape index (κ3) is 8.43. The van der Waals surface area contributed by atoms with E-state index < -0.39 is 18.0 Å². The van der Waals surface area contributed by atoms with Gasteiger partial charge in [0.25, 0.3) is 0 Å². The molecule has 1 unspecified atom stereocenters. The van der Waals surface area contributed by atoms with Gasteiger partial charge < -0.3 is 19.5 Å². The average Bonchev–Trinajstić information content (AvgIpc) is 2.64. The molecule has 0 aliphatic rings. The van der Waals surface area contributed by atoms with Crippen LogP contribution in [-0.4, -0.2) is 50.8 Å². The number of carbonyl (C=O) groups excluding carboxylic acids is 3. The first kappa shape index (κ1) is 21.4. The molecule has 1 rings (SSSR count). The molecule has 0 aliphatic heterocycles. The van der Waals surface area contributed by atoms with Crippen LogP contribution < -0.4 is 5.32 Å². The van der Waals surface area contributed by atoms with E-state index in [0.717, 1.165) is 5.56 Å². The predicted molar refractivity (Wildman–Crippen MR) is 95.3 cm³/mol. The van der Waals surface area contributed by atoms with Crippen LogP contribution in [0.3, 0.4) is 0 Å². The van der Waals surface area contributed by atoms with Gasteiger partial charge in [0.05, 0.1) is 13.5 Å². The van der Waals surface area contributed by atoms with Gasteiger partial charge in [-0.15, -0.1) is 0 Å². The van der Waals surface area contributed by atoms with E-state index in [2.05, 4.69) is 16.6 Å². The summed E-state index contributed by atoms with van der Waals surface area (Å²) in [5.41, 5.74) is 1.23. The highest BCUT2D eigenvalue weighted by Gasteiger charge is 2.20. The fraction of sp³-hybridized carbons (Fsp3) is 0.421. The van der Waals surface area contributed by atoms with Gasteiger partial charge in [-0.05, 0) is 18.9 Å². The molecule has 1 atom stereocenters. The van der Waals surface area contributed by atoms with E-state index in [1.807, 2.05) is 30.3 Å². The van der Waals surface area contributed by atoms with Gasteiger partial charge in [0.15, 0.2) is 0 Å². The SMILES string of the molecule is C=C(C)C(=O)OCCOC(=O)C(Cc1ccccc1)NCCC(=O)OC. The molecule has 0 aromatic heterocycles. The van der Waals surface area contributed by atoms with Gasteiger partial charge in [0.1, 0.15) is 19.3 Å². The molecule has 0 bridgehead atoms. The topological polar surface area (TPSA) is 90.9 Å². The van der Waals surface area contributed by atoms with Crippen molar-refractivity contribution in [3.05, 3.63) is 48.0 Å². The monoisotopic (exact) mass is 363 g/mol. The second-order valence-electron chi connectivity index (χ2n) is 5.61. The number of esters is 3. The van der Waals surface area contributed by atoms with Crippen molar-refractivity contribution in [2.24, 2.45) is 0 Å². The zero-order valence-corrected chi connectivity index (χ0v) is 15.2. The molecule has 0 saturated carbocycles. The van der Waals surface area contributed by atoms with Crippen molar-refractivity contribution < 1.29 is 28.6 Å². The van der Waals surface area contributed by atoms with Gasteiger partial charge >= 0.3 is 17.9 Å². The van der Waals surface area contributed by atoms with E-state index in [0.29, 0.717) is 6.42 Å². The van der Waals surface area contributed by atoms with Crippen LogP contribution in [0, 0.1) is 0 Å². The van der Waals surface area contributed by atoms with Crippen molar-refractivity contribution in [1.29, 1.82) is 0 Å². The van der Waals surface area contributed by atoms with E-state index in [-0.39, 0.29) is 37.7 Å². The first-order chi connectivity index (χ1) is 12.4. The number of nitrogens with one attached hydrogen (secondary N) is 1. The summed E-state index contributed by atoms with van der Waals surface area (Å²) in [4.78, 5) is 34.8. The molecule has 0 amide bonds. The average molecular weight is 363 g/mol. The molecule has 142 valence electrons. The third-order valence-corrected chi connectivity index (χ3v) is 3.42. The molecule has 26 heavy (non-hydrogen) atoms. The van der Waals surface area contributed by atoms with Crippen LogP contribution in [0.2, 0.25) is 0 Å². The van der Waals surface area contributed by atoms with Gasteiger partial charge in [-0.1, -0.05) is 36.9 Å². The summed E-state index contributed by atoms with van der Waals surface area (Å²) in [6.07, 6.45) is 0.553. The van der Waals surface area contributed by atoms with Gasteiger partial charge in [-0.25, -0.2) is 4.79 Å². The minimum Gasteiger partial charge on any atom is -0.469 e. The van der Waals surface area contributed by atoms with Gasteiger partial charge in [0, 0.05) is 12.1 Å². The van der Waals surface area contributed by atoms with Crippen molar-refractivity contribution in [2.45, 2.75) is 25.8 Å². The van der Waals surface area contributed by atoms with Crippen molar-refractivity contribution >= 4 is 17.9 Å². The zero-order valence-electron chi connectivity index (χ0n) is 15.2. The molecule has 0 radical (unpaired) electrons. The third-order valence-electron chi connectivity index (χ3n) is 3.42. The smallest absolute Gasteiger partial charge is 0.333 e. The minimum absolute atomic E-state index is 0.0440. The van der Waals surface area contributed by atoms with Gasteiger partial charge in [-0.2, -0.15) is 0 Å². The largest absolute Gasteiger partial charge is 0.469 e. The lowest BCUT2D eigenvalue weighted by Crippen LogP contribution is -2.41. The molecule has 1 aromatic carbocycles. The minimum atomic E-state index is -0.626. The Morgan fingerprint density at radius 2 is 1.77 bits per heavy atom. The zero-order chi connectivity index (χ0) is 19.4. The second kappa shape index (κ2) is 11.8. The molecule has 0 fully saturated rings. The van der Waals surface area contributed by atoms with Crippen LogP contribution >= 0.6 is 0 Å². The molecule has 1 aromatic rings. The molecule has 0 spiro atoms. The predicted octanol–water partition coefficient (Wildman–Crippen LogP) is 1.41. The van der Waals surface area contributed by atoms with E-state index in [4.69, 9.17) is 9.47 Å². The summed E-state index contributed by atoms with van der Waals surface area (Å²) in [7, 11) is 1.31. The lowest BCUT2D eigenvalue weighted by Gasteiger charge is -2.17. The van der Waals surface area contributed by atoms with E-state index in [1.165, 1.54) is 14.0 Å². The summed E-state index contributed by atoms with van der Waals surface area (Å²) in [6.45, 7) is 5.19. The van der Waals surface area contributed by atoms with Crippen LogP contribution in [0.4, 0.5) is 0 Å². The fourth-order valence-electron chi connectivity index (χ4n) is 2.04. The summed E-state index contributed by atoms with van der Waals surface area (Å²) in [6, 6.07) is 8.82. The van der Waals surface area contributed by atoms with Crippen LogP contribution in [0.1, 0.15) is 18.9 Å². The highest BCUT2D eigenvalue weighted by atomic mass is 16.6. The van der Waals surface area contributed by atoms with Crippen LogP contribution in [-0.2, 0) is 35.0 Å². The summed E-state index contributed by atoms with van der Waals surface area (Å²) >= 11 is 0. The maximum atomic E-state index is 12.3. The maximum Gasteiger partial charge on any atom is 0.333 e. The number of rotatable bonds is 11. The van der Waals surface area contributed by atoms with Crippen molar-refractivity contribution in [3.8, 4) is 0 Å². The van der Waals surface area contributed by atoms with Crippen LogP contribution in [0.5, 0.6) is 0 Å².